The average Bonchev–Trinajstić information content (AvgIpc) is 2.59. The normalized spacial score (nSPS) is 34.6. The van der Waals surface area contributed by atoms with Crippen LogP contribution < -0.4 is 0 Å². The summed E-state index contributed by atoms with van der Waals surface area (Å²) >= 11 is 0. The van der Waals surface area contributed by atoms with Crippen molar-refractivity contribution in [2.75, 3.05) is 0 Å². The maximum absolute atomic E-state index is 10.9. The van der Waals surface area contributed by atoms with Gasteiger partial charge in [0.1, 0.15) is 0 Å². The molecule has 3 atom stereocenters. The number of rotatable bonds is 2. The largest absolute Gasteiger partial charge is 0.481 e. The number of fused-ring (bicyclic) bond motifs is 1. The van der Waals surface area contributed by atoms with Crippen molar-refractivity contribution >= 4 is 5.97 Å². The first-order valence-corrected chi connectivity index (χ1v) is 5.51. The number of carboxylic acids is 1. The van der Waals surface area contributed by atoms with Crippen LogP contribution in [0.15, 0.2) is 10.3 Å². The molecular formula is C10H17N3O2. The third-order valence-electron chi connectivity index (χ3n) is 3.30. The fraction of sp³-hybridized carbons (Fsp3) is 0.900. The van der Waals surface area contributed by atoms with E-state index in [1.54, 1.807) is 0 Å². The highest BCUT2D eigenvalue weighted by Gasteiger charge is 2.40. The lowest BCUT2D eigenvalue weighted by Crippen LogP contribution is -2.43. The molecule has 0 radical (unpaired) electrons. The first-order chi connectivity index (χ1) is 7.09. The SMILES string of the molecule is CC(C)N1N=NC2CC(C(=O)O)CCC21. The smallest absolute Gasteiger partial charge is 0.306 e. The summed E-state index contributed by atoms with van der Waals surface area (Å²) in [5.74, 6) is -0.913. The first-order valence-electron chi connectivity index (χ1n) is 5.51. The molecule has 1 fully saturated rings. The molecule has 15 heavy (non-hydrogen) atoms. The van der Waals surface area contributed by atoms with Crippen LogP contribution >= 0.6 is 0 Å². The molecule has 0 saturated heterocycles. The molecule has 0 aromatic rings. The fourth-order valence-corrected chi connectivity index (χ4v) is 2.47. The van der Waals surface area contributed by atoms with E-state index in [1.165, 1.54) is 0 Å². The van der Waals surface area contributed by atoms with E-state index >= 15 is 0 Å². The molecule has 1 N–H and O–H groups in total. The summed E-state index contributed by atoms with van der Waals surface area (Å²) < 4.78 is 0. The second kappa shape index (κ2) is 3.79. The summed E-state index contributed by atoms with van der Waals surface area (Å²) in [5.41, 5.74) is 0. The number of carboxylic acid groups (broad SMARTS) is 1. The van der Waals surface area contributed by atoms with Crippen molar-refractivity contribution in [3.8, 4) is 0 Å². The molecule has 0 amide bonds. The lowest BCUT2D eigenvalue weighted by atomic mass is 9.82. The van der Waals surface area contributed by atoms with Gasteiger partial charge in [-0.15, -0.1) is 0 Å². The van der Waals surface area contributed by atoms with Crippen molar-refractivity contribution in [3.63, 3.8) is 0 Å². The molecule has 1 aliphatic heterocycles. The molecular weight excluding hydrogens is 194 g/mol. The van der Waals surface area contributed by atoms with E-state index in [-0.39, 0.29) is 12.0 Å². The Bertz CT molecular complexity index is 290. The monoisotopic (exact) mass is 211 g/mol. The van der Waals surface area contributed by atoms with Gasteiger partial charge in [-0.2, -0.15) is 5.11 Å². The zero-order chi connectivity index (χ0) is 11.0. The number of hydrogen-bond acceptors (Lipinski definition) is 4. The first kappa shape index (κ1) is 10.4. The highest BCUT2D eigenvalue weighted by molar-refractivity contribution is 5.70. The fourth-order valence-electron chi connectivity index (χ4n) is 2.47. The Balaban J connectivity index is 2.02. The molecule has 0 spiro atoms. The van der Waals surface area contributed by atoms with Crippen LogP contribution in [0.2, 0.25) is 0 Å². The van der Waals surface area contributed by atoms with Crippen LogP contribution in [-0.4, -0.2) is 34.2 Å². The van der Waals surface area contributed by atoms with Crippen LogP contribution in [-0.2, 0) is 4.79 Å². The van der Waals surface area contributed by atoms with Crippen LogP contribution in [0.3, 0.4) is 0 Å². The van der Waals surface area contributed by atoms with Gasteiger partial charge in [0.25, 0.3) is 0 Å². The number of aliphatic carboxylic acids is 1. The molecule has 2 rings (SSSR count). The summed E-state index contributed by atoms with van der Waals surface area (Å²) in [6.07, 6.45) is 2.30. The Kier molecular flexibility index (Phi) is 2.63. The molecule has 0 bridgehead atoms. The third-order valence-corrected chi connectivity index (χ3v) is 3.30. The Morgan fingerprint density at radius 3 is 2.80 bits per heavy atom. The van der Waals surface area contributed by atoms with E-state index < -0.39 is 5.97 Å². The van der Waals surface area contributed by atoms with Gasteiger partial charge in [-0.05, 0) is 33.1 Å². The zero-order valence-electron chi connectivity index (χ0n) is 9.13. The summed E-state index contributed by atoms with van der Waals surface area (Å²) in [5, 5.41) is 19.3. The second-order valence-corrected chi connectivity index (χ2v) is 4.66. The highest BCUT2D eigenvalue weighted by Crippen LogP contribution is 2.35. The summed E-state index contributed by atoms with van der Waals surface area (Å²) in [6, 6.07) is 0.785. The van der Waals surface area contributed by atoms with E-state index in [0.717, 1.165) is 12.8 Å². The zero-order valence-corrected chi connectivity index (χ0v) is 9.13. The molecule has 0 aromatic heterocycles. The van der Waals surface area contributed by atoms with E-state index in [2.05, 4.69) is 24.2 Å². The van der Waals surface area contributed by atoms with Crippen molar-refractivity contribution in [2.24, 2.45) is 16.3 Å². The molecule has 5 nitrogen and oxygen atoms in total. The van der Waals surface area contributed by atoms with Gasteiger partial charge in [-0.1, -0.05) is 5.22 Å². The molecule has 5 heteroatoms. The van der Waals surface area contributed by atoms with Crippen LogP contribution in [0.5, 0.6) is 0 Å². The molecule has 3 unspecified atom stereocenters. The lowest BCUT2D eigenvalue weighted by molar-refractivity contribution is -0.143. The molecule has 1 heterocycles. The average molecular weight is 211 g/mol. The minimum absolute atomic E-state index is 0.0993. The lowest BCUT2D eigenvalue weighted by Gasteiger charge is -2.33. The van der Waals surface area contributed by atoms with Crippen LogP contribution in [0, 0.1) is 5.92 Å². The second-order valence-electron chi connectivity index (χ2n) is 4.66. The van der Waals surface area contributed by atoms with Gasteiger partial charge in [-0.25, -0.2) is 0 Å². The van der Waals surface area contributed by atoms with Crippen molar-refractivity contribution in [2.45, 2.75) is 51.2 Å². The van der Waals surface area contributed by atoms with E-state index in [0.29, 0.717) is 18.5 Å². The van der Waals surface area contributed by atoms with Gasteiger partial charge in [-0.3, -0.25) is 9.80 Å². The third kappa shape index (κ3) is 1.82. The van der Waals surface area contributed by atoms with Gasteiger partial charge >= 0.3 is 5.97 Å². The molecule has 2 aliphatic rings. The molecule has 0 aromatic carbocycles. The number of nitrogens with zero attached hydrogens (tertiary/aromatic N) is 3. The van der Waals surface area contributed by atoms with Gasteiger partial charge in [0, 0.05) is 6.04 Å². The van der Waals surface area contributed by atoms with Gasteiger partial charge in [0.2, 0.25) is 0 Å². The van der Waals surface area contributed by atoms with Crippen molar-refractivity contribution in [3.05, 3.63) is 0 Å². The Morgan fingerprint density at radius 2 is 2.20 bits per heavy atom. The Hall–Kier alpha value is -1.13. The number of hydrogen-bond donors (Lipinski definition) is 1. The van der Waals surface area contributed by atoms with Crippen molar-refractivity contribution < 1.29 is 9.90 Å². The Morgan fingerprint density at radius 1 is 1.47 bits per heavy atom. The highest BCUT2D eigenvalue weighted by atomic mass is 16.4. The van der Waals surface area contributed by atoms with Gasteiger partial charge < -0.3 is 5.11 Å². The maximum atomic E-state index is 10.9. The summed E-state index contributed by atoms with van der Waals surface area (Å²) in [4.78, 5) is 10.9. The van der Waals surface area contributed by atoms with Gasteiger partial charge in [0.15, 0.2) is 0 Å². The summed E-state index contributed by atoms with van der Waals surface area (Å²) in [6.45, 7) is 4.18. The molecule has 1 aliphatic carbocycles. The van der Waals surface area contributed by atoms with Gasteiger partial charge in [0.05, 0.1) is 18.0 Å². The van der Waals surface area contributed by atoms with Crippen LogP contribution in [0.4, 0.5) is 0 Å². The maximum Gasteiger partial charge on any atom is 0.306 e. The van der Waals surface area contributed by atoms with E-state index in [1.807, 2.05) is 5.01 Å². The topological polar surface area (TPSA) is 65.3 Å². The van der Waals surface area contributed by atoms with Crippen LogP contribution in [0.1, 0.15) is 33.1 Å². The van der Waals surface area contributed by atoms with E-state index in [4.69, 9.17) is 5.11 Å². The number of carbonyl (C=O) groups is 1. The molecule has 84 valence electrons. The van der Waals surface area contributed by atoms with Crippen molar-refractivity contribution in [1.82, 2.24) is 5.01 Å². The minimum atomic E-state index is -0.688. The Labute approximate surface area is 89.1 Å². The summed E-state index contributed by atoms with van der Waals surface area (Å²) in [7, 11) is 0. The molecule has 1 saturated carbocycles. The quantitative estimate of drug-likeness (QED) is 0.756. The predicted octanol–water partition coefficient (Wildman–Crippen LogP) is 1.70. The van der Waals surface area contributed by atoms with Crippen LogP contribution in [0.25, 0.3) is 0 Å². The minimum Gasteiger partial charge on any atom is -0.481 e. The van der Waals surface area contributed by atoms with E-state index in [9.17, 15) is 4.79 Å². The standard InChI is InChI=1S/C10H17N3O2/c1-6(2)13-9-4-3-7(10(14)15)5-8(9)11-12-13/h6-9H,3-5H2,1-2H3,(H,14,15). The predicted molar refractivity (Wildman–Crippen MR) is 54.4 cm³/mol. The van der Waals surface area contributed by atoms with Crippen molar-refractivity contribution in [1.29, 1.82) is 0 Å².